The zero-order chi connectivity index (χ0) is 10.6. The lowest BCUT2D eigenvalue weighted by molar-refractivity contribution is -0.206. The molecule has 0 amide bonds. The highest BCUT2D eigenvalue weighted by Gasteiger charge is 2.43. The summed E-state index contributed by atoms with van der Waals surface area (Å²) in [6.07, 6.45) is 8.55. The summed E-state index contributed by atoms with van der Waals surface area (Å²) in [5.41, 5.74) is 0. The lowest BCUT2D eigenvalue weighted by Gasteiger charge is -2.37. The number of hydrogen-bond donors (Lipinski definition) is 0. The van der Waals surface area contributed by atoms with Crippen molar-refractivity contribution in [2.45, 2.75) is 50.7 Å². The van der Waals surface area contributed by atoms with E-state index in [1.807, 2.05) is 0 Å². The average molecular weight is 233 g/mol. The maximum absolute atomic E-state index is 5.90. The third-order valence-electron chi connectivity index (χ3n) is 3.66. The third kappa shape index (κ3) is 2.66. The van der Waals surface area contributed by atoms with Gasteiger partial charge in [-0.25, -0.2) is 0 Å². The summed E-state index contributed by atoms with van der Waals surface area (Å²) in [5, 5.41) is 0. The van der Waals surface area contributed by atoms with Gasteiger partial charge in [-0.3, -0.25) is 0 Å². The van der Waals surface area contributed by atoms with E-state index in [4.69, 9.17) is 21.1 Å². The molecule has 1 aliphatic carbocycles. The van der Waals surface area contributed by atoms with Crippen molar-refractivity contribution in [2.24, 2.45) is 5.92 Å². The number of alkyl halides is 1. The minimum absolute atomic E-state index is 0.269. The van der Waals surface area contributed by atoms with E-state index in [9.17, 15) is 0 Å². The second-order valence-electron chi connectivity index (χ2n) is 4.64. The van der Waals surface area contributed by atoms with Crippen molar-refractivity contribution < 1.29 is 9.47 Å². The molecular weight excluding hydrogens is 212 g/mol. The molecule has 1 saturated carbocycles. The smallest absolute Gasteiger partial charge is 0.171 e. The summed E-state index contributed by atoms with van der Waals surface area (Å²) < 4.78 is 11.8. The number of ether oxygens (including phenoxy) is 2. The molecule has 3 heteroatoms. The number of hydrogen-bond acceptors (Lipinski definition) is 2. The molecule has 2 aliphatic rings. The minimum Gasteiger partial charge on any atom is -0.347 e. The van der Waals surface area contributed by atoms with E-state index in [1.54, 1.807) is 0 Å². The monoisotopic (exact) mass is 232 g/mol. The summed E-state index contributed by atoms with van der Waals surface area (Å²) in [7, 11) is 0. The van der Waals surface area contributed by atoms with Crippen LogP contribution in [0.3, 0.4) is 0 Å². The molecule has 0 aromatic carbocycles. The van der Waals surface area contributed by atoms with Crippen molar-refractivity contribution in [3.8, 4) is 0 Å². The molecule has 0 radical (unpaired) electrons. The third-order valence-corrected chi connectivity index (χ3v) is 3.93. The van der Waals surface area contributed by atoms with E-state index < -0.39 is 0 Å². The highest BCUT2D eigenvalue weighted by atomic mass is 35.5. The lowest BCUT2D eigenvalue weighted by Crippen LogP contribution is -2.40. The first-order valence-electron chi connectivity index (χ1n) is 6.21. The number of rotatable bonds is 4. The Balaban J connectivity index is 1.96. The average Bonchev–Trinajstić information content (AvgIpc) is 2.78. The van der Waals surface area contributed by atoms with Crippen molar-refractivity contribution in [1.29, 1.82) is 0 Å². The Morgan fingerprint density at radius 3 is 2.33 bits per heavy atom. The standard InChI is InChI=1S/C12H21ClO2/c13-8-4-7-12(14-9-10-15-12)11-5-2-1-3-6-11/h11H,1-10H2. The topological polar surface area (TPSA) is 18.5 Å². The highest BCUT2D eigenvalue weighted by Crippen LogP contribution is 2.41. The summed E-state index contributed by atoms with van der Waals surface area (Å²) in [6, 6.07) is 0. The van der Waals surface area contributed by atoms with Crippen LogP contribution in [0.5, 0.6) is 0 Å². The Labute approximate surface area is 97.3 Å². The quantitative estimate of drug-likeness (QED) is 0.693. The lowest BCUT2D eigenvalue weighted by atomic mass is 9.81. The van der Waals surface area contributed by atoms with E-state index in [2.05, 4.69) is 0 Å². The van der Waals surface area contributed by atoms with E-state index in [0.717, 1.165) is 26.1 Å². The van der Waals surface area contributed by atoms with Gasteiger partial charge in [-0.1, -0.05) is 19.3 Å². The fourth-order valence-electron chi connectivity index (χ4n) is 2.91. The van der Waals surface area contributed by atoms with Crippen LogP contribution in [0.4, 0.5) is 0 Å². The van der Waals surface area contributed by atoms with E-state index in [1.165, 1.54) is 32.1 Å². The van der Waals surface area contributed by atoms with Gasteiger partial charge < -0.3 is 9.47 Å². The van der Waals surface area contributed by atoms with Gasteiger partial charge in [-0.05, 0) is 19.3 Å². The van der Waals surface area contributed by atoms with Crippen LogP contribution in [0.15, 0.2) is 0 Å². The normalized spacial score (nSPS) is 27.0. The first kappa shape index (κ1) is 11.7. The SMILES string of the molecule is ClCCCC1(C2CCCCC2)OCCO1. The van der Waals surface area contributed by atoms with Crippen molar-refractivity contribution in [1.82, 2.24) is 0 Å². The largest absolute Gasteiger partial charge is 0.347 e. The zero-order valence-corrected chi connectivity index (χ0v) is 10.1. The van der Waals surface area contributed by atoms with Crippen molar-refractivity contribution >= 4 is 11.6 Å². The van der Waals surface area contributed by atoms with Crippen LogP contribution in [-0.4, -0.2) is 24.9 Å². The van der Waals surface area contributed by atoms with Gasteiger partial charge in [0.05, 0.1) is 13.2 Å². The van der Waals surface area contributed by atoms with Crippen molar-refractivity contribution in [2.75, 3.05) is 19.1 Å². The maximum Gasteiger partial charge on any atom is 0.171 e. The molecule has 0 N–H and O–H groups in total. The maximum atomic E-state index is 5.90. The molecule has 15 heavy (non-hydrogen) atoms. The molecule has 1 saturated heterocycles. The molecule has 88 valence electrons. The Bertz CT molecular complexity index is 184. The summed E-state index contributed by atoms with van der Waals surface area (Å²) in [6.45, 7) is 1.53. The van der Waals surface area contributed by atoms with Crippen LogP contribution in [0.25, 0.3) is 0 Å². The number of halogens is 1. The van der Waals surface area contributed by atoms with Crippen LogP contribution in [0.1, 0.15) is 44.9 Å². The van der Waals surface area contributed by atoms with Gasteiger partial charge in [0.15, 0.2) is 5.79 Å². The van der Waals surface area contributed by atoms with Gasteiger partial charge in [0, 0.05) is 18.2 Å². The van der Waals surface area contributed by atoms with Gasteiger partial charge >= 0.3 is 0 Å². The molecule has 0 aromatic heterocycles. The molecular formula is C12H21ClO2. The fraction of sp³-hybridized carbons (Fsp3) is 1.00. The summed E-state index contributed by atoms with van der Waals surface area (Å²) in [5.74, 6) is 1.05. The van der Waals surface area contributed by atoms with Gasteiger partial charge in [0.1, 0.15) is 0 Å². The van der Waals surface area contributed by atoms with Gasteiger partial charge in [0.25, 0.3) is 0 Å². The van der Waals surface area contributed by atoms with Crippen LogP contribution in [0, 0.1) is 5.92 Å². The van der Waals surface area contributed by atoms with E-state index >= 15 is 0 Å². The molecule has 0 unspecified atom stereocenters. The molecule has 2 rings (SSSR count). The van der Waals surface area contributed by atoms with E-state index in [0.29, 0.717) is 11.8 Å². The van der Waals surface area contributed by atoms with Crippen LogP contribution >= 0.6 is 11.6 Å². The molecule has 1 aliphatic heterocycles. The molecule has 0 spiro atoms. The molecule has 0 bridgehead atoms. The first-order chi connectivity index (χ1) is 7.37. The highest BCUT2D eigenvalue weighted by molar-refractivity contribution is 6.17. The molecule has 0 atom stereocenters. The fourth-order valence-corrected chi connectivity index (χ4v) is 3.04. The van der Waals surface area contributed by atoms with E-state index in [-0.39, 0.29) is 5.79 Å². The van der Waals surface area contributed by atoms with Crippen LogP contribution < -0.4 is 0 Å². The Morgan fingerprint density at radius 2 is 1.73 bits per heavy atom. The Hall–Kier alpha value is 0.210. The minimum atomic E-state index is -0.269. The summed E-state index contributed by atoms with van der Waals surface area (Å²) >= 11 is 5.77. The Kier molecular flexibility index (Phi) is 4.30. The zero-order valence-electron chi connectivity index (χ0n) is 9.34. The van der Waals surface area contributed by atoms with Crippen LogP contribution in [0.2, 0.25) is 0 Å². The molecule has 1 heterocycles. The second kappa shape index (κ2) is 5.51. The Morgan fingerprint density at radius 1 is 1.07 bits per heavy atom. The summed E-state index contributed by atoms with van der Waals surface area (Å²) in [4.78, 5) is 0. The van der Waals surface area contributed by atoms with Crippen molar-refractivity contribution in [3.63, 3.8) is 0 Å². The van der Waals surface area contributed by atoms with Crippen LogP contribution in [-0.2, 0) is 9.47 Å². The van der Waals surface area contributed by atoms with Crippen molar-refractivity contribution in [3.05, 3.63) is 0 Å². The molecule has 2 nitrogen and oxygen atoms in total. The molecule has 0 aromatic rings. The first-order valence-corrected chi connectivity index (χ1v) is 6.75. The van der Waals surface area contributed by atoms with Gasteiger partial charge in [-0.15, -0.1) is 11.6 Å². The predicted octanol–water partition coefficient (Wildman–Crippen LogP) is 3.33. The van der Waals surface area contributed by atoms with Gasteiger partial charge in [-0.2, -0.15) is 0 Å². The molecule has 2 fully saturated rings. The predicted molar refractivity (Wildman–Crippen MR) is 61.2 cm³/mol. The van der Waals surface area contributed by atoms with Gasteiger partial charge in [0.2, 0.25) is 0 Å². The second-order valence-corrected chi connectivity index (χ2v) is 5.01.